The highest BCUT2D eigenvalue weighted by atomic mass is 15.3. The van der Waals surface area contributed by atoms with Crippen LogP contribution in [0.1, 0.15) is 18.5 Å². The van der Waals surface area contributed by atoms with Crippen LogP contribution in [0, 0.1) is 5.92 Å². The number of piperidine rings is 1. The summed E-state index contributed by atoms with van der Waals surface area (Å²) in [5.41, 5.74) is 8.13. The van der Waals surface area contributed by atoms with Gasteiger partial charge in [0.1, 0.15) is 0 Å². The predicted octanol–water partition coefficient (Wildman–Crippen LogP) is 2.04. The van der Waals surface area contributed by atoms with Crippen LogP contribution in [0.3, 0.4) is 0 Å². The number of nitrogens with two attached hydrogens (primary N) is 1. The predicted molar refractivity (Wildman–Crippen MR) is 80.6 cm³/mol. The zero-order valence-corrected chi connectivity index (χ0v) is 11.8. The first kappa shape index (κ1) is 13.3. The van der Waals surface area contributed by atoms with Crippen LogP contribution in [-0.2, 0) is 6.54 Å². The lowest BCUT2D eigenvalue weighted by molar-refractivity contribution is 0.177. The second-order valence-corrected chi connectivity index (χ2v) is 5.53. The number of likely N-dealkylation sites (tertiary alicyclic amines) is 1. The molecule has 1 aromatic heterocycles. The van der Waals surface area contributed by atoms with E-state index in [1.807, 2.05) is 29.1 Å². The Hall–Kier alpha value is -1.65. The first-order chi connectivity index (χ1) is 9.86. The summed E-state index contributed by atoms with van der Waals surface area (Å²) in [5.74, 6) is 0.713. The van der Waals surface area contributed by atoms with Gasteiger partial charge in [-0.05, 0) is 56.6 Å². The Bertz CT molecular complexity index is 526. The average molecular weight is 270 g/mol. The van der Waals surface area contributed by atoms with E-state index in [0.29, 0.717) is 5.92 Å². The molecular weight excluding hydrogens is 248 g/mol. The van der Waals surface area contributed by atoms with Crippen LogP contribution in [0.5, 0.6) is 0 Å². The summed E-state index contributed by atoms with van der Waals surface area (Å²) < 4.78 is 2.04. The van der Waals surface area contributed by atoms with E-state index in [0.717, 1.165) is 31.9 Å². The monoisotopic (exact) mass is 270 g/mol. The van der Waals surface area contributed by atoms with E-state index >= 15 is 0 Å². The molecule has 1 saturated heterocycles. The minimum absolute atomic E-state index is 0.713. The van der Waals surface area contributed by atoms with E-state index < -0.39 is 0 Å². The second kappa shape index (κ2) is 6.20. The van der Waals surface area contributed by atoms with E-state index in [1.165, 1.54) is 18.5 Å². The summed E-state index contributed by atoms with van der Waals surface area (Å²) in [6.07, 6.45) is 4.32. The summed E-state index contributed by atoms with van der Waals surface area (Å²) in [7, 11) is 0. The Kier molecular flexibility index (Phi) is 4.14. The van der Waals surface area contributed by atoms with Crippen LogP contribution in [0.2, 0.25) is 0 Å². The summed E-state index contributed by atoms with van der Waals surface area (Å²) in [6.45, 7) is 4.08. The number of aromatic nitrogens is 2. The van der Waals surface area contributed by atoms with Crippen molar-refractivity contribution in [2.45, 2.75) is 19.4 Å². The highest BCUT2D eigenvalue weighted by molar-refractivity contribution is 5.32. The Morgan fingerprint density at radius 2 is 1.85 bits per heavy atom. The van der Waals surface area contributed by atoms with Gasteiger partial charge in [0.05, 0.1) is 11.4 Å². The van der Waals surface area contributed by atoms with E-state index in [1.54, 1.807) is 0 Å². The molecule has 4 nitrogen and oxygen atoms in total. The quantitative estimate of drug-likeness (QED) is 0.925. The number of hydrogen-bond acceptors (Lipinski definition) is 3. The van der Waals surface area contributed by atoms with Crippen molar-refractivity contribution >= 4 is 0 Å². The van der Waals surface area contributed by atoms with Crippen LogP contribution in [0.4, 0.5) is 0 Å². The summed E-state index contributed by atoms with van der Waals surface area (Å²) >= 11 is 0. The van der Waals surface area contributed by atoms with Crippen LogP contribution >= 0.6 is 0 Å². The molecule has 106 valence electrons. The SMILES string of the molecule is NCC1CCN(Cc2ccnn2-c2ccccc2)CC1. The molecule has 0 spiro atoms. The Labute approximate surface area is 120 Å². The number of nitrogens with zero attached hydrogens (tertiary/aromatic N) is 3. The fraction of sp³-hybridized carbons (Fsp3) is 0.438. The molecule has 0 radical (unpaired) electrons. The lowest BCUT2D eigenvalue weighted by Crippen LogP contribution is -2.36. The van der Waals surface area contributed by atoms with Crippen molar-refractivity contribution in [2.75, 3.05) is 19.6 Å². The topological polar surface area (TPSA) is 47.1 Å². The average Bonchev–Trinajstić information content (AvgIpc) is 2.97. The van der Waals surface area contributed by atoms with Crippen LogP contribution in [-0.4, -0.2) is 34.3 Å². The molecule has 2 heterocycles. The van der Waals surface area contributed by atoms with E-state index in [2.05, 4.69) is 28.2 Å². The molecule has 1 fully saturated rings. The van der Waals surface area contributed by atoms with Gasteiger partial charge in [-0.2, -0.15) is 5.10 Å². The van der Waals surface area contributed by atoms with Gasteiger partial charge in [-0.1, -0.05) is 18.2 Å². The largest absolute Gasteiger partial charge is 0.330 e. The fourth-order valence-corrected chi connectivity index (χ4v) is 2.86. The van der Waals surface area contributed by atoms with Crippen molar-refractivity contribution in [2.24, 2.45) is 11.7 Å². The van der Waals surface area contributed by atoms with Crippen molar-refractivity contribution in [3.8, 4) is 5.69 Å². The van der Waals surface area contributed by atoms with Gasteiger partial charge in [-0.3, -0.25) is 4.90 Å². The third kappa shape index (κ3) is 2.92. The molecule has 0 aliphatic carbocycles. The summed E-state index contributed by atoms with van der Waals surface area (Å²) in [6, 6.07) is 12.4. The second-order valence-electron chi connectivity index (χ2n) is 5.53. The lowest BCUT2D eigenvalue weighted by Gasteiger charge is -2.31. The third-order valence-electron chi connectivity index (χ3n) is 4.15. The molecular formula is C16H22N4. The maximum absolute atomic E-state index is 5.75. The first-order valence-corrected chi connectivity index (χ1v) is 7.37. The molecule has 3 rings (SSSR count). The van der Waals surface area contributed by atoms with Gasteiger partial charge in [0, 0.05) is 12.7 Å². The molecule has 0 atom stereocenters. The van der Waals surface area contributed by atoms with Gasteiger partial charge in [0.2, 0.25) is 0 Å². The Morgan fingerprint density at radius 3 is 2.55 bits per heavy atom. The van der Waals surface area contributed by atoms with Crippen molar-refractivity contribution in [3.05, 3.63) is 48.3 Å². The van der Waals surface area contributed by atoms with Gasteiger partial charge in [-0.25, -0.2) is 4.68 Å². The van der Waals surface area contributed by atoms with Crippen LogP contribution < -0.4 is 5.73 Å². The molecule has 0 unspecified atom stereocenters. The van der Waals surface area contributed by atoms with Crippen molar-refractivity contribution in [3.63, 3.8) is 0 Å². The van der Waals surface area contributed by atoms with Gasteiger partial charge < -0.3 is 5.73 Å². The van der Waals surface area contributed by atoms with Crippen LogP contribution in [0.25, 0.3) is 5.69 Å². The zero-order valence-electron chi connectivity index (χ0n) is 11.8. The molecule has 2 N–H and O–H groups in total. The third-order valence-corrected chi connectivity index (χ3v) is 4.15. The molecule has 0 bridgehead atoms. The van der Waals surface area contributed by atoms with Crippen molar-refractivity contribution in [1.29, 1.82) is 0 Å². The maximum Gasteiger partial charge on any atom is 0.0649 e. The molecule has 2 aromatic rings. The Morgan fingerprint density at radius 1 is 1.10 bits per heavy atom. The number of benzene rings is 1. The highest BCUT2D eigenvalue weighted by Crippen LogP contribution is 2.19. The molecule has 0 amide bonds. The van der Waals surface area contributed by atoms with Crippen LogP contribution in [0.15, 0.2) is 42.6 Å². The van der Waals surface area contributed by atoms with Gasteiger partial charge >= 0.3 is 0 Å². The van der Waals surface area contributed by atoms with E-state index in [-0.39, 0.29) is 0 Å². The normalized spacial score (nSPS) is 17.4. The number of hydrogen-bond donors (Lipinski definition) is 1. The molecule has 1 aliphatic heterocycles. The first-order valence-electron chi connectivity index (χ1n) is 7.37. The minimum Gasteiger partial charge on any atom is -0.330 e. The fourth-order valence-electron chi connectivity index (χ4n) is 2.86. The van der Waals surface area contributed by atoms with Gasteiger partial charge in [-0.15, -0.1) is 0 Å². The maximum atomic E-state index is 5.75. The summed E-state index contributed by atoms with van der Waals surface area (Å²) in [4.78, 5) is 2.50. The molecule has 1 aliphatic rings. The zero-order chi connectivity index (χ0) is 13.8. The van der Waals surface area contributed by atoms with E-state index in [9.17, 15) is 0 Å². The standard InChI is InChI=1S/C16H22N4/c17-12-14-7-10-19(11-8-14)13-16-6-9-18-20(16)15-4-2-1-3-5-15/h1-6,9,14H,7-8,10-13,17H2. The number of rotatable bonds is 4. The molecule has 4 heteroatoms. The summed E-state index contributed by atoms with van der Waals surface area (Å²) in [5, 5.41) is 4.45. The number of para-hydroxylation sites is 1. The molecule has 20 heavy (non-hydrogen) atoms. The Balaban J connectivity index is 1.69. The van der Waals surface area contributed by atoms with Crippen molar-refractivity contribution in [1.82, 2.24) is 14.7 Å². The van der Waals surface area contributed by atoms with Crippen molar-refractivity contribution < 1.29 is 0 Å². The van der Waals surface area contributed by atoms with E-state index in [4.69, 9.17) is 5.73 Å². The lowest BCUT2D eigenvalue weighted by atomic mass is 9.97. The highest BCUT2D eigenvalue weighted by Gasteiger charge is 2.19. The van der Waals surface area contributed by atoms with Gasteiger partial charge in [0.25, 0.3) is 0 Å². The smallest absolute Gasteiger partial charge is 0.0649 e. The molecule has 1 aromatic carbocycles. The van der Waals surface area contributed by atoms with Gasteiger partial charge in [0.15, 0.2) is 0 Å². The minimum atomic E-state index is 0.713. The molecule has 0 saturated carbocycles.